The Morgan fingerprint density at radius 1 is 1.03 bits per heavy atom. The Morgan fingerprint density at radius 3 is 2.31 bits per heavy atom. The molecule has 0 saturated carbocycles. The Bertz CT molecular complexity index is 608. The number of carboxylic acid groups (broad SMARTS) is 1. The van der Waals surface area contributed by atoms with Crippen LogP contribution in [0.25, 0.3) is 0 Å². The summed E-state index contributed by atoms with van der Waals surface area (Å²) >= 11 is 7.21. The Labute approximate surface area is 186 Å². The van der Waals surface area contributed by atoms with Gasteiger partial charge in [0, 0.05) is 11.3 Å². The molecule has 1 rings (SSSR count). The number of unbranched alkanes of at least 4 members (excludes halogenated alkanes) is 8. The molecule has 0 heterocycles. The Hall–Kier alpha value is -1.27. The van der Waals surface area contributed by atoms with Crippen molar-refractivity contribution >= 4 is 40.6 Å². The zero-order valence-electron chi connectivity index (χ0n) is 18.0. The smallest absolute Gasteiger partial charge is 0.303 e. The van der Waals surface area contributed by atoms with Gasteiger partial charge in [0.05, 0.1) is 17.3 Å². The van der Waals surface area contributed by atoms with Crippen molar-refractivity contribution < 1.29 is 14.6 Å². The maximum absolute atomic E-state index is 10.6. The monoisotopic (exact) mass is 439 g/mol. The summed E-state index contributed by atoms with van der Waals surface area (Å²) < 4.78 is 5.79. The largest absolute Gasteiger partial charge is 0.491 e. The Kier molecular flexibility index (Phi) is 14.7. The summed E-state index contributed by atoms with van der Waals surface area (Å²) in [5, 5.41) is 12.1. The third-order valence-corrected chi connectivity index (χ3v) is 5.79. The van der Waals surface area contributed by atoms with E-state index in [2.05, 4.69) is 12.2 Å². The molecule has 2 N–H and O–H groups in total. The lowest BCUT2D eigenvalue weighted by Gasteiger charge is -2.15. The molecule has 6 heteroatoms. The van der Waals surface area contributed by atoms with E-state index in [-0.39, 0.29) is 6.42 Å². The first kappa shape index (κ1) is 25.8. The molecule has 0 aliphatic carbocycles. The minimum atomic E-state index is -0.799. The van der Waals surface area contributed by atoms with E-state index in [9.17, 15) is 4.79 Å². The van der Waals surface area contributed by atoms with Crippen molar-refractivity contribution in [2.75, 3.05) is 18.2 Å². The van der Waals surface area contributed by atoms with Crippen LogP contribution in [0.2, 0.25) is 0 Å². The Balaban J connectivity index is 2.35. The van der Waals surface area contributed by atoms with E-state index in [1.54, 1.807) is 11.8 Å². The number of benzene rings is 1. The first-order chi connectivity index (χ1) is 14.1. The summed E-state index contributed by atoms with van der Waals surface area (Å²) in [6.07, 6.45) is 15.2. The Morgan fingerprint density at radius 2 is 1.69 bits per heavy atom. The molecule has 0 fully saturated rings. The molecule has 0 spiro atoms. The van der Waals surface area contributed by atoms with Crippen LogP contribution in [0, 0.1) is 0 Å². The lowest BCUT2D eigenvalue weighted by molar-refractivity contribution is -0.137. The highest BCUT2D eigenvalue weighted by molar-refractivity contribution is 7.98. The molecular formula is C23H37NO3S2. The van der Waals surface area contributed by atoms with E-state index in [1.807, 2.05) is 24.5 Å². The van der Waals surface area contributed by atoms with Crippen LogP contribution in [0.15, 0.2) is 23.1 Å². The fraction of sp³-hybridized carbons (Fsp3) is 0.652. The molecule has 0 unspecified atom stereocenters. The maximum atomic E-state index is 10.6. The van der Waals surface area contributed by atoms with Crippen molar-refractivity contribution in [3.05, 3.63) is 18.2 Å². The fourth-order valence-electron chi connectivity index (χ4n) is 3.07. The van der Waals surface area contributed by atoms with Crippen LogP contribution in [-0.2, 0) is 4.79 Å². The molecular weight excluding hydrogens is 402 g/mol. The minimum absolute atomic E-state index is 0.114. The number of hydrogen-bond acceptors (Lipinski definition) is 4. The average Bonchev–Trinajstić information content (AvgIpc) is 2.70. The molecule has 4 nitrogen and oxygen atoms in total. The highest BCUT2D eigenvalue weighted by Gasteiger charge is 2.08. The second-order valence-electron chi connectivity index (χ2n) is 7.33. The minimum Gasteiger partial charge on any atom is -0.491 e. The number of rotatable bonds is 17. The molecule has 29 heavy (non-hydrogen) atoms. The lowest BCUT2D eigenvalue weighted by Crippen LogP contribution is -2.11. The summed E-state index contributed by atoms with van der Waals surface area (Å²) in [7, 11) is 0. The second-order valence-corrected chi connectivity index (χ2v) is 8.71. The van der Waals surface area contributed by atoms with Gasteiger partial charge in [0.1, 0.15) is 5.75 Å². The number of hydrogen-bond donors (Lipinski definition) is 2. The molecule has 0 aromatic heterocycles. The van der Waals surface area contributed by atoms with Gasteiger partial charge in [0.15, 0.2) is 0 Å². The van der Waals surface area contributed by atoms with Crippen molar-refractivity contribution in [1.29, 1.82) is 0 Å². The van der Waals surface area contributed by atoms with Crippen LogP contribution >= 0.6 is 24.0 Å². The third-order valence-electron chi connectivity index (χ3n) is 4.76. The zero-order chi connectivity index (χ0) is 21.3. The first-order valence-electron chi connectivity index (χ1n) is 10.9. The molecule has 164 valence electrons. The predicted octanol–water partition coefficient (Wildman–Crippen LogP) is 7.31. The summed E-state index contributed by atoms with van der Waals surface area (Å²) in [5.41, 5.74) is 0.869. The third kappa shape index (κ3) is 12.8. The molecule has 0 aliphatic heterocycles. The van der Waals surface area contributed by atoms with E-state index in [0.29, 0.717) is 13.0 Å². The molecule has 0 radical (unpaired) electrons. The van der Waals surface area contributed by atoms with Gasteiger partial charge in [-0.05, 0) is 43.7 Å². The SMILES string of the molecule is CCCCCCCCCCCC(=S)Nc1cc(SC)ccc1OCCCC(=O)O. The lowest BCUT2D eigenvalue weighted by atomic mass is 10.1. The number of anilines is 1. The molecule has 1 aromatic rings. The van der Waals surface area contributed by atoms with Gasteiger partial charge in [-0.1, -0.05) is 70.5 Å². The van der Waals surface area contributed by atoms with Crippen LogP contribution in [0.1, 0.15) is 84.0 Å². The highest BCUT2D eigenvalue weighted by atomic mass is 32.2. The maximum Gasteiger partial charge on any atom is 0.303 e. The van der Waals surface area contributed by atoms with Gasteiger partial charge in [0.25, 0.3) is 0 Å². The number of ether oxygens (including phenoxy) is 1. The van der Waals surface area contributed by atoms with Crippen molar-refractivity contribution in [2.45, 2.75) is 88.9 Å². The van der Waals surface area contributed by atoms with E-state index in [0.717, 1.165) is 34.2 Å². The summed E-state index contributed by atoms with van der Waals surface area (Å²) in [6.45, 7) is 2.63. The van der Waals surface area contributed by atoms with Crippen LogP contribution in [0.4, 0.5) is 5.69 Å². The van der Waals surface area contributed by atoms with Crippen LogP contribution < -0.4 is 10.1 Å². The highest BCUT2D eigenvalue weighted by Crippen LogP contribution is 2.30. The molecule has 0 saturated heterocycles. The number of carbonyl (C=O) groups is 1. The van der Waals surface area contributed by atoms with Gasteiger partial charge in [0.2, 0.25) is 0 Å². The van der Waals surface area contributed by atoms with Crippen molar-refractivity contribution in [3.8, 4) is 5.75 Å². The van der Waals surface area contributed by atoms with Crippen LogP contribution in [0.5, 0.6) is 5.75 Å². The van der Waals surface area contributed by atoms with Crippen molar-refractivity contribution in [1.82, 2.24) is 0 Å². The second kappa shape index (κ2) is 16.5. The number of carboxylic acids is 1. The standard InChI is InChI=1S/C23H37NO3S2/c1-3-4-5-6-7-8-9-10-11-13-22(28)24-20-18-19(29-2)15-16-21(20)27-17-12-14-23(25)26/h15-16,18H,3-14,17H2,1-2H3,(H,24,28)(H,25,26). The van der Waals surface area contributed by atoms with E-state index in [1.165, 1.54) is 51.4 Å². The van der Waals surface area contributed by atoms with Gasteiger partial charge < -0.3 is 15.2 Å². The summed E-state index contributed by atoms with van der Waals surface area (Å²) in [5.74, 6) is -0.0746. The van der Waals surface area contributed by atoms with Gasteiger partial charge in [-0.3, -0.25) is 4.79 Å². The number of aliphatic carboxylic acids is 1. The van der Waals surface area contributed by atoms with Crippen LogP contribution in [-0.4, -0.2) is 28.9 Å². The predicted molar refractivity (Wildman–Crippen MR) is 129 cm³/mol. The summed E-state index contributed by atoms with van der Waals surface area (Å²) in [4.78, 5) is 12.6. The molecule has 0 bridgehead atoms. The van der Waals surface area contributed by atoms with Crippen molar-refractivity contribution in [3.63, 3.8) is 0 Å². The van der Waals surface area contributed by atoms with E-state index < -0.39 is 5.97 Å². The fourth-order valence-corrected chi connectivity index (χ4v) is 3.77. The average molecular weight is 440 g/mol. The van der Waals surface area contributed by atoms with Crippen molar-refractivity contribution in [2.24, 2.45) is 0 Å². The molecule has 0 aliphatic rings. The topological polar surface area (TPSA) is 58.6 Å². The van der Waals surface area contributed by atoms with Gasteiger partial charge in [-0.2, -0.15) is 0 Å². The quantitative estimate of drug-likeness (QED) is 0.151. The number of nitrogens with one attached hydrogen (secondary N) is 1. The van der Waals surface area contributed by atoms with Gasteiger partial charge in [-0.15, -0.1) is 11.8 Å². The molecule has 0 atom stereocenters. The molecule has 0 amide bonds. The number of thioether (sulfide) groups is 1. The summed E-state index contributed by atoms with van der Waals surface area (Å²) in [6, 6.07) is 5.97. The van der Waals surface area contributed by atoms with Crippen LogP contribution in [0.3, 0.4) is 0 Å². The van der Waals surface area contributed by atoms with Gasteiger partial charge in [-0.25, -0.2) is 0 Å². The number of thiocarbonyl (C=S) groups is 1. The van der Waals surface area contributed by atoms with E-state index in [4.69, 9.17) is 22.1 Å². The first-order valence-corrected chi connectivity index (χ1v) is 12.5. The zero-order valence-corrected chi connectivity index (χ0v) is 19.6. The molecule has 1 aromatic carbocycles. The van der Waals surface area contributed by atoms with Gasteiger partial charge >= 0.3 is 5.97 Å². The normalized spacial score (nSPS) is 10.7. The van der Waals surface area contributed by atoms with E-state index >= 15 is 0 Å².